The van der Waals surface area contributed by atoms with Gasteiger partial charge in [-0.15, -0.1) is 0 Å². The molecule has 0 aromatic heterocycles. The summed E-state index contributed by atoms with van der Waals surface area (Å²) in [5.41, 5.74) is 1.69. The molecule has 0 saturated carbocycles. The van der Waals surface area contributed by atoms with E-state index in [0.29, 0.717) is 32.2 Å². The predicted molar refractivity (Wildman–Crippen MR) is 110 cm³/mol. The Morgan fingerprint density at radius 2 is 1.90 bits per heavy atom. The minimum atomic E-state index is -0.636. The van der Waals surface area contributed by atoms with E-state index in [1.54, 1.807) is 5.48 Å². The molecule has 1 aliphatic heterocycles. The lowest BCUT2D eigenvalue weighted by Gasteiger charge is -2.27. The lowest BCUT2D eigenvalue weighted by atomic mass is 9.81. The van der Waals surface area contributed by atoms with Crippen LogP contribution >= 0.6 is 0 Å². The molecule has 3 N–H and O–H groups in total. The van der Waals surface area contributed by atoms with Crippen LogP contribution < -0.4 is 10.8 Å². The molecule has 3 amide bonds. The van der Waals surface area contributed by atoms with Crippen LogP contribution in [-0.4, -0.2) is 60.5 Å². The van der Waals surface area contributed by atoms with Gasteiger partial charge in [0.05, 0.1) is 18.9 Å². The summed E-state index contributed by atoms with van der Waals surface area (Å²) in [4.78, 5) is 51.0. The number of nitrogens with one attached hydrogen (secondary N) is 2. The second-order valence-electron chi connectivity index (χ2n) is 8.38. The van der Waals surface area contributed by atoms with Crippen molar-refractivity contribution < 1.29 is 29.1 Å². The molecule has 1 rings (SSSR count). The first-order valence-electron chi connectivity index (χ1n) is 10.8. The molecule has 1 fully saturated rings. The molecule has 0 aliphatic carbocycles. The van der Waals surface area contributed by atoms with E-state index in [-0.39, 0.29) is 30.8 Å². The number of rotatable bonds is 11. The van der Waals surface area contributed by atoms with Crippen LogP contribution in [0.5, 0.6) is 0 Å². The quantitative estimate of drug-likeness (QED) is 0.261. The van der Waals surface area contributed by atoms with Gasteiger partial charge in [0.15, 0.2) is 0 Å². The van der Waals surface area contributed by atoms with Gasteiger partial charge in [0, 0.05) is 19.0 Å². The van der Waals surface area contributed by atoms with Gasteiger partial charge in [-0.2, -0.15) is 0 Å². The molecule has 9 nitrogen and oxygen atoms in total. The van der Waals surface area contributed by atoms with Crippen LogP contribution in [0.4, 0.5) is 0 Å². The average Bonchev–Trinajstić information content (AvgIpc) is 2.89. The highest BCUT2D eigenvalue weighted by atomic mass is 16.5. The molecule has 3 atom stereocenters. The van der Waals surface area contributed by atoms with Crippen molar-refractivity contribution in [2.24, 2.45) is 23.7 Å². The monoisotopic (exact) mass is 427 g/mol. The van der Waals surface area contributed by atoms with Gasteiger partial charge in [0.25, 0.3) is 0 Å². The highest BCUT2D eigenvalue weighted by molar-refractivity contribution is 5.88. The first kappa shape index (κ1) is 25.9. The Morgan fingerprint density at radius 3 is 2.47 bits per heavy atom. The maximum Gasteiger partial charge on any atom is 0.325 e. The lowest BCUT2D eigenvalue weighted by molar-refractivity contribution is -0.148. The van der Waals surface area contributed by atoms with Gasteiger partial charge >= 0.3 is 5.97 Å². The number of esters is 1. The van der Waals surface area contributed by atoms with E-state index in [1.807, 2.05) is 20.8 Å². The predicted octanol–water partition coefficient (Wildman–Crippen LogP) is 1.49. The number of hydrogen-bond donors (Lipinski definition) is 3. The van der Waals surface area contributed by atoms with E-state index in [2.05, 4.69) is 10.1 Å². The van der Waals surface area contributed by atoms with E-state index >= 15 is 0 Å². The molecule has 0 spiro atoms. The Hall–Kier alpha value is -2.16. The highest BCUT2D eigenvalue weighted by Gasteiger charge is 2.35. The molecule has 30 heavy (non-hydrogen) atoms. The van der Waals surface area contributed by atoms with Crippen LogP contribution in [0.15, 0.2) is 0 Å². The topological polar surface area (TPSA) is 125 Å². The zero-order valence-corrected chi connectivity index (χ0v) is 18.6. The molecular weight excluding hydrogens is 390 g/mol. The van der Waals surface area contributed by atoms with Crippen molar-refractivity contribution in [2.75, 3.05) is 26.7 Å². The fourth-order valence-electron chi connectivity index (χ4n) is 3.98. The van der Waals surface area contributed by atoms with Gasteiger partial charge in [0.1, 0.15) is 6.54 Å². The second kappa shape index (κ2) is 13.2. The van der Waals surface area contributed by atoms with Gasteiger partial charge in [0.2, 0.25) is 17.7 Å². The molecule has 0 radical (unpaired) electrons. The van der Waals surface area contributed by atoms with E-state index in [9.17, 15) is 19.2 Å². The van der Waals surface area contributed by atoms with Crippen LogP contribution in [0.1, 0.15) is 59.3 Å². The maximum absolute atomic E-state index is 13.0. The number of hydrogen-bond acceptors (Lipinski definition) is 6. The molecule has 1 saturated heterocycles. The Morgan fingerprint density at radius 1 is 1.20 bits per heavy atom. The number of hydroxylamine groups is 1. The molecule has 0 aromatic carbocycles. The Labute approximate surface area is 178 Å². The van der Waals surface area contributed by atoms with Crippen molar-refractivity contribution in [3.63, 3.8) is 0 Å². The van der Waals surface area contributed by atoms with Gasteiger partial charge in [-0.1, -0.05) is 33.6 Å². The van der Waals surface area contributed by atoms with Crippen molar-refractivity contribution in [2.45, 2.75) is 59.3 Å². The third-order valence-electron chi connectivity index (χ3n) is 5.56. The summed E-state index contributed by atoms with van der Waals surface area (Å²) in [6.07, 6.45) is 3.91. The highest BCUT2D eigenvalue weighted by Crippen LogP contribution is 2.26. The number of ether oxygens (including phenoxy) is 1. The van der Waals surface area contributed by atoms with Crippen molar-refractivity contribution in [1.29, 1.82) is 0 Å². The number of methoxy groups -OCH3 is 1. The fraction of sp³-hybridized carbons (Fsp3) is 0.810. The first-order valence-corrected chi connectivity index (χ1v) is 10.8. The number of nitrogens with zero attached hydrogens (tertiary/aromatic N) is 1. The van der Waals surface area contributed by atoms with E-state index < -0.39 is 29.6 Å². The van der Waals surface area contributed by atoms with Crippen molar-refractivity contribution in [3.8, 4) is 0 Å². The number of amides is 3. The van der Waals surface area contributed by atoms with Crippen LogP contribution in [0.3, 0.4) is 0 Å². The first-order chi connectivity index (χ1) is 14.2. The molecule has 172 valence electrons. The summed E-state index contributed by atoms with van der Waals surface area (Å²) >= 11 is 0. The standard InChI is InChI=1S/C21H37N3O6/c1-5-8-16(20(27)23-29)17(11-14(2)3)19(26)22-12-15-9-6-7-10-24(21(15)28)13-18(25)30-4/h14-17,29H,5-13H2,1-4H3,(H,22,26)(H,23,27)/t15-,16+,17-/m1/s1. The largest absolute Gasteiger partial charge is 0.468 e. The summed E-state index contributed by atoms with van der Waals surface area (Å²) in [7, 11) is 1.28. The van der Waals surface area contributed by atoms with Gasteiger partial charge < -0.3 is 15.0 Å². The zero-order valence-electron chi connectivity index (χ0n) is 18.6. The molecule has 0 aromatic rings. The second-order valence-corrected chi connectivity index (χ2v) is 8.38. The third kappa shape index (κ3) is 7.93. The van der Waals surface area contributed by atoms with Crippen molar-refractivity contribution in [1.82, 2.24) is 15.7 Å². The van der Waals surface area contributed by atoms with Crippen LogP contribution in [0, 0.1) is 23.7 Å². The van der Waals surface area contributed by atoms with Crippen LogP contribution in [0.25, 0.3) is 0 Å². The summed E-state index contributed by atoms with van der Waals surface area (Å²) in [5, 5.41) is 12.0. The number of carbonyl (C=O) groups excluding carboxylic acids is 4. The molecule has 9 heteroatoms. The van der Waals surface area contributed by atoms with Crippen molar-refractivity contribution in [3.05, 3.63) is 0 Å². The normalized spacial score (nSPS) is 19.1. The molecule has 1 heterocycles. The van der Waals surface area contributed by atoms with Gasteiger partial charge in [-0.05, 0) is 31.6 Å². The maximum atomic E-state index is 13.0. The zero-order chi connectivity index (χ0) is 22.7. The van der Waals surface area contributed by atoms with Crippen molar-refractivity contribution >= 4 is 23.7 Å². The lowest BCUT2D eigenvalue weighted by Crippen LogP contribution is -2.46. The minimum Gasteiger partial charge on any atom is -0.468 e. The third-order valence-corrected chi connectivity index (χ3v) is 5.56. The average molecular weight is 428 g/mol. The van der Waals surface area contributed by atoms with Crippen LogP contribution in [0.2, 0.25) is 0 Å². The minimum absolute atomic E-state index is 0.0923. The SMILES string of the molecule is CCC[C@H](C(=O)NO)[C@@H](CC(C)C)C(=O)NC[C@H]1CCCCN(CC(=O)OC)C1=O. The summed E-state index contributed by atoms with van der Waals surface area (Å²) in [5.74, 6) is -2.96. The van der Waals surface area contributed by atoms with Gasteiger partial charge in [-0.3, -0.25) is 24.4 Å². The van der Waals surface area contributed by atoms with E-state index in [0.717, 1.165) is 12.8 Å². The van der Waals surface area contributed by atoms with E-state index in [4.69, 9.17) is 5.21 Å². The molecule has 0 unspecified atom stereocenters. The van der Waals surface area contributed by atoms with Crippen LogP contribution in [-0.2, 0) is 23.9 Å². The molecular formula is C21H37N3O6. The van der Waals surface area contributed by atoms with Gasteiger partial charge in [-0.25, -0.2) is 5.48 Å². The van der Waals surface area contributed by atoms with E-state index in [1.165, 1.54) is 12.0 Å². The molecule has 1 aliphatic rings. The fourth-order valence-corrected chi connectivity index (χ4v) is 3.98. The molecule has 0 bridgehead atoms. The smallest absolute Gasteiger partial charge is 0.325 e. The Bertz CT molecular complexity index is 595. The Kier molecular flexibility index (Phi) is 11.4. The number of carbonyl (C=O) groups is 4. The summed E-state index contributed by atoms with van der Waals surface area (Å²) in [6, 6.07) is 0. The summed E-state index contributed by atoms with van der Waals surface area (Å²) in [6.45, 7) is 6.42. The Balaban J connectivity index is 2.86. The number of likely N-dealkylation sites (tertiary alicyclic amines) is 1. The summed E-state index contributed by atoms with van der Waals surface area (Å²) < 4.78 is 4.67.